The Morgan fingerprint density at radius 2 is 2.20 bits per heavy atom. The van der Waals surface area contributed by atoms with Gasteiger partial charge in [-0.25, -0.2) is 0 Å². The average Bonchev–Trinajstić information content (AvgIpc) is 2.56. The van der Waals surface area contributed by atoms with E-state index in [9.17, 15) is 0 Å². The molecule has 0 bridgehead atoms. The topological polar surface area (TPSA) is 61.8 Å². The van der Waals surface area contributed by atoms with E-state index in [1.54, 1.807) is 0 Å². The molecule has 4 heteroatoms. The molecule has 2 N–H and O–H groups in total. The Hall–Kier alpha value is -1.32. The van der Waals surface area contributed by atoms with Crippen LogP contribution in [-0.2, 0) is 11.2 Å². The summed E-state index contributed by atoms with van der Waals surface area (Å²) < 4.78 is 4.84. The molecule has 0 fully saturated rings. The molecular weight excluding hydrogens is 190 g/mol. The van der Waals surface area contributed by atoms with E-state index < -0.39 is 0 Å². The first-order chi connectivity index (χ1) is 7.06. The van der Waals surface area contributed by atoms with Gasteiger partial charge < -0.3 is 4.74 Å². The molecule has 0 unspecified atom stereocenters. The maximum absolute atomic E-state index is 7.44. The summed E-state index contributed by atoms with van der Waals surface area (Å²) in [5, 5.41) is 14.7. The van der Waals surface area contributed by atoms with E-state index in [1.165, 1.54) is 12.7 Å². The number of rotatable bonds is 4. The number of aromatic nitrogens is 2. The Morgan fingerprint density at radius 1 is 1.53 bits per heavy atom. The van der Waals surface area contributed by atoms with Crippen molar-refractivity contribution in [2.75, 3.05) is 7.11 Å². The molecule has 0 aromatic carbocycles. The highest BCUT2D eigenvalue weighted by molar-refractivity contribution is 5.72. The van der Waals surface area contributed by atoms with Gasteiger partial charge in [0.25, 0.3) is 0 Å². The number of H-pyrrole nitrogens is 1. The van der Waals surface area contributed by atoms with E-state index in [0.29, 0.717) is 18.2 Å². The Balaban J connectivity index is 2.74. The third-order valence-electron chi connectivity index (χ3n) is 2.50. The number of nitrogens with zero attached hydrogens (tertiary/aromatic N) is 1. The molecule has 0 amide bonds. The van der Waals surface area contributed by atoms with Crippen LogP contribution in [0.4, 0.5) is 0 Å². The van der Waals surface area contributed by atoms with Crippen LogP contribution < -0.4 is 0 Å². The third kappa shape index (κ3) is 2.81. The fourth-order valence-corrected chi connectivity index (χ4v) is 1.60. The zero-order valence-corrected chi connectivity index (χ0v) is 9.85. The number of ether oxygens (including phenoxy) is 1. The number of aryl methyl sites for hydroxylation is 1. The van der Waals surface area contributed by atoms with Crippen molar-refractivity contribution in [1.82, 2.24) is 10.2 Å². The second-order valence-electron chi connectivity index (χ2n) is 3.99. The number of hydrogen-bond acceptors (Lipinski definition) is 3. The molecule has 1 heterocycles. The molecule has 0 radical (unpaired) electrons. The molecule has 0 saturated carbocycles. The van der Waals surface area contributed by atoms with E-state index in [0.717, 1.165) is 17.8 Å². The molecule has 15 heavy (non-hydrogen) atoms. The summed E-state index contributed by atoms with van der Waals surface area (Å²) in [7, 11) is 1.54. The van der Waals surface area contributed by atoms with Crippen LogP contribution >= 0.6 is 0 Å². The van der Waals surface area contributed by atoms with Gasteiger partial charge in [0, 0.05) is 12.1 Å². The van der Waals surface area contributed by atoms with Crippen LogP contribution in [0.3, 0.4) is 0 Å². The summed E-state index contributed by atoms with van der Waals surface area (Å²) >= 11 is 0. The van der Waals surface area contributed by atoms with Crippen LogP contribution in [-0.4, -0.2) is 23.2 Å². The lowest BCUT2D eigenvalue weighted by Crippen LogP contribution is -2.03. The zero-order chi connectivity index (χ0) is 11.4. The fourth-order valence-electron chi connectivity index (χ4n) is 1.60. The van der Waals surface area contributed by atoms with Gasteiger partial charge in [0.05, 0.1) is 12.8 Å². The van der Waals surface area contributed by atoms with Gasteiger partial charge in [0.2, 0.25) is 0 Å². The normalized spacial score (nSPS) is 10.7. The first-order valence-electron chi connectivity index (χ1n) is 5.21. The molecule has 0 aliphatic rings. The molecule has 1 rings (SSSR count). The largest absolute Gasteiger partial charge is 0.484 e. The molecule has 4 nitrogen and oxygen atoms in total. The number of hydrogen-bond donors (Lipinski definition) is 2. The lowest BCUT2D eigenvalue weighted by molar-refractivity contribution is 0.386. The fraction of sp³-hybridized carbons (Fsp3) is 0.636. The first-order valence-corrected chi connectivity index (χ1v) is 5.21. The van der Waals surface area contributed by atoms with Gasteiger partial charge in [-0.05, 0) is 24.8 Å². The van der Waals surface area contributed by atoms with Gasteiger partial charge in [0.15, 0.2) is 5.90 Å². The van der Waals surface area contributed by atoms with E-state index >= 15 is 0 Å². The molecule has 0 aliphatic heterocycles. The Bertz CT molecular complexity index is 342. The predicted octanol–water partition coefficient (Wildman–Crippen LogP) is 2.40. The van der Waals surface area contributed by atoms with Gasteiger partial charge in [-0.15, -0.1) is 0 Å². The van der Waals surface area contributed by atoms with Gasteiger partial charge in [-0.3, -0.25) is 10.5 Å². The van der Waals surface area contributed by atoms with Crippen LogP contribution in [0.1, 0.15) is 43.1 Å². The summed E-state index contributed by atoms with van der Waals surface area (Å²) in [5.74, 6) is 0.743. The highest BCUT2D eigenvalue weighted by atomic mass is 16.5. The predicted molar refractivity (Wildman–Crippen MR) is 60.5 cm³/mol. The number of methoxy groups -OCH3 is 1. The lowest BCUT2D eigenvalue weighted by Gasteiger charge is -2.06. The minimum Gasteiger partial charge on any atom is -0.484 e. The van der Waals surface area contributed by atoms with Gasteiger partial charge in [-0.2, -0.15) is 5.10 Å². The maximum atomic E-state index is 7.44. The Labute approximate surface area is 90.5 Å². The molecule has 0 aliphatic carbocycles. The standard InChI is InChI=1S/C11H19N3O/c1-7(2)11-9(8(3)13-14-11)5-6-10(12)15-4/h7,12H,5-6H2,1-4H3,(H,13,14). The van der Waals surface area contributed by atoms with Crippen molar-refractivity contribution < 1.29 is 4.74 Å². The van der Waals surface area contributed by atoms with Crippen molar-refractivity contribution in [3.05, 3.63) is 17.0 Å². The van der Waals surface area contributed by atoms with Crippen molar-refractivity contribution >= 4 is 5.90 Å². The Morgan fingerprint density at radius 3 is 2.73 bits per heavy atom. The second-order valence-corrected chi connectivity index (χ2v) is 3.99. The summed E-state index contributed by atoms with van der Waals surface area (Å²) in [6, 6.07) is 0. The number of aromatic amines is 1. The third-order valence-corrected chi connectivity index (χ3v) is 2.50. The second kappa shape index (κ2) is 4.96. The maximum Gasteiger partial charge on any atom is 0.180 e. The summed E-state index contributed by atoms with van der Waals surface area (Å²) in [6.07, 6.45) is 1.46. The van der Waals surface area contributed by atoms with Crippen molar-refractivity contribution in [3.63, 3.8) is 0 Å². The van der Waals surface area contributed by atoms with Crippen molar-refractivity contribution in [1.29, 1.82) is 5.41 Å². The molecule has 0 spiro atoms. The smallest absolute Gasteiger partial charge is 0.180 e. The summed E-state index contributed by atoms with van der Waals surface area (Å²) in [4.78, 5) is 0. The Kier molecular flexibility index (Phi) is 3.88. The van der Waals surface area contributed by atoms with Crippen LogP contribution in [0.25, 0.3) is 0 Å². The average molecular weight is 209 g/mol. The highest BCUT2D eigenvalue weighted by Crippen LogP contribution is 2.20. The van der Waals surface area contributed by atoms with E-state index in [1.807, 2.05) is 6.92 Å². The van der Waals surface area contributed by atoms with E-state index in [-0.39, 0.29) is 0 Å². The van der Waals surface area contributed by atoms with Crippen molar-refractivity contribution in [2.45, 2.75) is 39.5 Å². The quantitative estimate of drug-likeness (QED) is 0.591. The van der Waals surface area contributed by atoms with Crippen LogP contribution in [0.15, 0.2) is 0 Å². The van der Waals surface area contributed by atoms with E-state index in [4.69, 9.17) is 10.1 Å². The molecular formula is C11H19N3O. The minimum atomic E-state index is 0.324. The van der Waals surface area contributed by atoms with Crippen LogP contribution in [0, 0.1) is 12.3 Å². The first kappa shape index (κ1) is 11.8. The SMILES string of the molecule is COC(=N)CCc1c(C(C)C)n[nH]c1C. The monoisotopic (exact) mass is 209 g/mol. The lowest BCUT2D eigenvalue weighted by atomic mass is 10.0. The van der Waals surface area contributed by atoms with Crippen LogP contribution in [0.2, 0.25) is 0 Å². The molecule has 84 valence electrons. The summed E-state index contributed by atoms with van der Waals surface area (Å²) in [5.41, 5.74) is 3.44. The zero-order valence-electron chi connectivity index (χ0n) is 9.85. The number of nitrogens with one attached hydrogen (secondary N) is 2. The summed E-state index contributed by atoms with van der Waals surface area (Å²) in [6.45, 7) is 6.27. The molecule has 0 atom stereocenters. The van der Waals surface area contributed by atoms with Crippen molar-refractivity contribution in [3.8, 4) is 0 Å². The van der Waals surface area contributed by atoms with Gasteiger partial charge in [-0.1, -0.05) is 13.8 Å². The van der Waals surface area contributed by atoms with E-state index in [2.05, 4.69) is 24.0 Å². The molecule has 0 saturated heterocycles. The molecule has 1 aromatic heterocycles. The van der Waals surface area contributed by atoms with Crippen LogP contribution in [0.5, 0.6) is 0 Å². The highest BCUT2D eigenvalue weighted by Gasteiger charge is 2.13. The van der Waals surface area contributed by atoms with Gasteiger partial charge in [0.1, 0.15) is 0 Å². The van der Waals surface area contributed by atoms with Gasteiger partial charge >= 0.3 is 0 Å². The van der Waals surface area contributed by atoms with Crippen molar-refractivity contribution in [2.24, 2.45) is 0 Å². The molecule has 1 aromatic rings. The minimum absolute atomic E-state index is 0.324.